The van der Waals surface area contributed by atoms with E-state index in [9.17, 15) is 14.9 Å². The van der Waals surface area contributed by atoms with Gasteiger partial charge in [0.2, 0.25) is 0 Å². The predicted octanol–water partition coefficient (Wildman–Crippen LogP) is 1.05. The number of carbonyl (C=O) groups is 1. The maximum Gasteiger partial charge on any atom is 0.358 e. The van der Waals surface area contributed by atoms with E-state index in [-0.39, 0.29) is 28.3 Å². The third-order valence-corrected chi connectivity index (χ3v) is 2.63. The highest BCUT2D eigenvalue weighted by Crippen LogP contribution is 2.25. The number of hydrogen-bond acceptors (Lipinski definition) is 6. The van der Waals surface area contributed by atoms with Crippen molar-refractivity contribution in [3.05, 3.63) is 45.3 Å². The summed E-state index contributed by atoms with van der Waals surface area (Å²) >= 11 is 0. The number of aromatic carboxylic acids is 1. The van der Waals surface area contributed by atoms with Crippen LogP contribution in [-0.4, -0.2) is 31.0 Å². The van der Waals surface area contributed by atoms with Gasteiger partial charge in [0.05, 0.1) is 22.2 Å². The van der Waals surface area contributed by atoms with Crippen molar-refractivity contribution in [2.75, 3.05) is 0 Å². The van der Waals surface area contributed by atoms with E-state index < -0.39 is 10.9 Å². The van der Waals surface area contributed by atoms with E-state index in [1.165, 1.54) is 19.1 Å². The van der Waals surface area contributed by atoms with Gasteiger partial charge in [0, 0.05) is 6.07 Å². The van der Waals surface area contributed by atoms with Crippen LogP contribution in [0.25, 0.3) is 5.69 Å². The molecule has 1 N–H and O–H groups in total. The van der Waals surface area contributed by atoms with E-state index in [1.807, 2.05) is 0 Å². The second kappa shape index (κ2) is 4.77. The van der Waals surface area contributed by atoms with E-state index in [2.05, 4.69) is 10.3 Å². The van der Waals surface area contributed by atoms with Crippen LogP contribution >= 0.6 is 0 Å². The summed E-state index contributed by atoms with van der Waals surface area (Å²) in [5.74, 6) is -1.27. The molecule has 0 unspecified atom stereocenters. The van der Waals surface area contributed by atoms with Crippen LogP contribution in [0.5, 0.6) is 0 Å². The van der Waals surface area contributed by atoms with Crippen molar-refractivity contribution in [3.8, 4) is 11.8 Å². The highest BCUT2D eigenvalue weighted by molar-refractivity contribution is 5.86. The zero-order valence-electron chi connectivity index (χ0n) is 10.1. The number of rotatable bonds is 3. The van der Waals surface area contributed by atoms with E-state index in [0.717, 1.165) is 10.7 Å². The molecule has 0 radical (unpaired) electrons. The Hall–Kier alpha value is -3.28. The number of benzene rings is 1. The second-order valence-electron chi connectivity index (χ2n) is 3.81. The molecule has 0 saturated heterocycles. The van der Waals surface area contributed by atoms with Crippen LogP contribution in [0.3, 0.4) is 0 Å². The van der Waals surface area contributed by atoms with Crippen molar-refractivity contribution in [2.45, 2.75) is 6.92 Å². The van der Waals surface area contributed by atoms with Crippen molar-refractivity contribution in [1.82, 2.24) is 15.0 Å². The van der Waals surface area contributed by atoms with Gasteiger partial charge in [-0.3, -0.25) is 10.1 Å². The molecule has 0 atom stereocenters. The number of carboxylic acid groups (broad SMARTS) is 1. The van der Waals surface area contributed by atoms with Gasteiger partial charge in [0.25, 0.3) is 5.69 Å². The molecule has 0 aliphatic rings. The lowest BCUT2D eigenvalue weighted by Crippen LogP contribution is -2.05. The topological polar surface area (TPSA) is 135 Å². The number of nitriles is 1. The molecule has 1 heterocycles. The number of aromatic nitrogens is 3. The van der Waals surface area contributed by atoms with Gasteiger partial charge in [-0.2, -0.15) is 5.26 Å². The lowest BCUT2D eigenvalue weighted by molar-refractivity contribution is -0.384. The van der Waals surface area contributed by atoms with Crippen molar-refractivity contribution in [1.29, 1.82) is 5.26 Å². The second-order valence-corrected chi connectivity index (χ2v) is 3.81. The fourth-order valence-corrected chi connectivity index (χ4v) is 1.67. The van der Waals surface area contributed by atoms with E-state index in [1.54, 1.807) is 6.07 Å². The molecule has 0 aliphatic carbocycles. The molecule has 9 nitrogen and oxygen atoms in total. The first-order chi connectivity index (χ1) is 9.45. The molecule has 20 heavy (non-hydrogen) atoms. The smallest absolute Gasteiger partial charge is 0.358 e. The van der Waals surface area contributed by atoms with Gasteiger partial charge < -0.3 is 5.11 Å². The van der Waals surface area contributed by atoms with Crippen LogP contribution < -0.4 is 0 Å². The molecule has 0 aliphatic heterocycles. The molecule has 2 aromatic rings. The van der Waals surface area contributed by atoms with Gasteiger partial charge in [0.1, 0.15) is 5.69 Å². The Morgan fingerprint density at radius 3 is 2.75 bits per heavy atom. The quantitative estimate of drug-likeness (QED) is 0.652. The molecular formula is C11H7N5O4. The lowest BCUT2D eigenvalue weighted by Gasteiger charge is -2.04. The summed E-state index contributed by atoms with van der Waals surface area (Å²) in [7, 11) is 0. The molecule has 0 amide bonds. The molecular weight excluding hydrogens is 266 g/mol. The van der Waals surface area contributed by atoms with Crippen LogP contribution in [0.1, 0.15) is 21.7 Å². The zero-order valence-corrected chi connectivity index (χ0v) is 10.1. The van der Waals surface area contributed by atoms with Gasteiger partial charge in [-0.15, -0.1) is 5.10 Å². The number of nitrogens with zero attached hydrogens (tertiary/aromatic N) is 5. The van der Waals surface area contributed by atoms with E-state index in [0.29, 0.717) is 0 Å². The molecule has 0 saturated carbocycles. The van der Waals surface area contributed by atoms with Crippen molar-refractivity contribution in [2.24, 2.45) is 0 Å². The third kappa shape index (κ3) is 2.05. The van der Waals surface area contributed by atoms with Crippen LogP contribution in [0.15, 0.2) is 18.2 Å². The van der Waals surface area contributed by atoms with Crippen LogP contribution in [-0.2, 0) is 0 Å². The lowest BCUT2D eigenvalue weighted by atomic mass is 10.2. The molecule has 2 rings (SSSR count). The molecule has 9 heteroatoms. The number of nitro benzene ring substituents is 1. The first-order valence-electron chi connectivity index (χ1n) is 5.30. The summed E-state index contributed by atoms with van der Waals surface area (Å²) < 4.78 is 1.06. The number of carboxylic acids is 1. The maximum absolute atomic E-state index is 11.0. The van der Waals surface area contributed by atoms with Gasteiger partial charge in [-0.25, -0.2) is 9.48 Å². The van der Waals surface area contributed by atoms with E-state index in [4.69, 9.17) is 10.4 Å². The standard InChI is InChI=1S/C11H7N5O4/c1-6-10(11(17)18)13-14-15(6)8-3-2-7(5-12)4-9(8)16(19)20/h2-4H,1H3,(H,17,18). The predicted molar refractivity (Wildman–Crippen MR) is 64.4 cm³/mol. The summed E-state index contributed by atoms with van der Waals surface area (Å²) in [5, 5.41) is 35.7. The minimum Gasteiger partial charge on any atom is -0.476 e. The van der Waals surface area contributed by atoms with Crippen molar-refractivity contribution in [3.63, 3.8) is 0 Å². The Labute approximate surface area is 111 Å². The Morgan fingerprint density at radius 1 is 1.55 bits per heavy atom. The minimum absolute atomic E-state index is 0.0477. The summed E-state index contributed by atoms with van der Waals surface area (Å²) in [6.45, 7) is 1.44. The Bertz CT molecular complexity index is 759. The maximum atomic E-state index is 11.0. The zero-order chi connectivity index (χ0) is 14.9. The molecule has 1 aromatic carbocycles. The summed E-state index contributed by atoms with van der Waals surface area (Å²) in [4.78, 5) is 21.3. The largest absolute Gasteiger partial charge is 0.476 e. The van der Waals surface area contributed by atoms with Crippen LogP contribution in [0.2, 0.25) is 0 Å². The first kappa shape index (κ1) is 13.2. The third-order valence-electron chi connectivity index (χ3n) is 2.63. The average Bonchev–Trinajstić information content (AvgIpc) is 2.79. The minimum atomic E-state index is -1.27. The van der Waals surface area contributed by atoms with Gasteiger partial charge >= 0.3 is 5.97 Å². The number of nitro groups is 1. The molecule has 0 fully saturated rings. The monoisotopic (exact) mass is 273 g/mol. The summed E-state index contributed by atoms with van der Waals surface area (Å²) in [6, 6.07) is 5.59. The fraction of sp³-hybridized carbons (Fsp3) is 0.0909. The summed E-state index contributed by atoms with van der Waals surface area (Å²) in [5.41, 5.74) is -0.314. The Kier molecular flexibility index (Phi) is 3.14. The van der Waals surface area contributed by atoms with Crippen LogP contribution in [0.4, 0.5) is 5.69 Å². The van der Waals surface area contributed by atoms with Gasteiger partial charge in [-0.05, 0) is 19.1 Å². The van der Waals surface area contributed by atoms with E-state index >= 15 is 0 Å². The van der Waals surface area contributed by atoms with Crippen LogP contribution in [0, 0.1) is 28.4 Å². The molecule has 1 aromatic heterocycles. The Balaban J connectivity index is 2.67. The Morgan fingerprint density at radius 2 is 2.25 bits per heavy atom. The molecule has 0 spiro atoms. The normalized spacial score (nSPS) is 10.0. The SMILES string of the molecule is Cc1c(C(=O)O)nnn1-c1ccc(C#N)cc1[N+](=O)[O-]. The highest BCUT2D eigenvalue weighted by Gasteiger charge is 2.22. The first-order valence-corrected chi connectivity index (χ1v) is 5.30. The van der Waals surface area contributed by atoms with Gasteiger partial charge in [-0.1, -0.05) is 5.21 Å². The number of hydrogen-bond donors (Lipinski definition) is 1. The molecule has 0 bridgehead atoms. The van der Waals surface area contributed by atoms with Crippen molar-refractivity contribution >= 4 is 11.7 Å². The van der Waals surface area contributed by atoms with Crippen molar-refractivity contribution < 1.29 is 14.8 Å². The summed E-state index contributed by atoms with van der Waals surface area (Å²) in [6.07, 6.45) is 0. The highest BCUT2D eigenvalue weighted by atomic mass is 16.6. The average molecular weight is 273 g/mol. The fourth-order valence-electron chi connectivity index (χ4n) is 1.67. The van der Waals surface area contributed by atoms with Gasteiger partial charge in [0.15, 0.2) is 5.69 Å². The molecule has 100 valence electrons.